The predicted molar refractivity (Wildman–Crippen MR) is 118 cm³/mol. The van der Waals surface area contributed by atoms with Crippen molar-refractivity contribution in [1.29, 1.82) is 0 Å². The summed E-state index contributed by atoms with van der Waals surface area (Å²) in [5.41, 5.74) is 0.975. The molecule has 0 aromatic heterocycles. The molecular formula is C23H21Cl2NO5. The molecule has 4 rings (SSSR count). The lowest BCUT2D eigenvalue weighted by Crippen LogP contribution is -2.30. The van der Waals surface area contributed by atoms with Crippen LogP contribution in [0, 0.1) is 0 Å². The molecule has 2 aliphatic rings. The van der Waals surface area contributed by atoms with Crippen LogP contribution < -0.4 is 9.47 Å². The number of fused-ring (bicyclic) bond motifs is 1. The molecule has 31 heavy (non-hydrogen) atoms. The van der Waals surface area contributed by atoms with Gasteiger partial charge in [0.2, 0.25) is 0 Å². The zero-order chi connectivity index (χ0) is 22.1. The largest absolute Gasteiger partial charge is 0.507 e. The monoisotopic (exact) mass is 461 g/mol. The molecule has 1 atom stereocenters. The van der Waals surface area contributed by atoms with Gasteiger partial charge in [0.1, 0.15) is 19.0 Å². The van der Waals surface area contributed by atoms with Crippen LogP contribution in [0.4, 0.5) is 0 Å². The molecule has 0 aliphatic carbocycles. The van der Waals surface area contributed by atoms with Crippen molar-refractivity contribution in [1.82, 2.24) is 4.90 Å². The Labute approximate surface area is 190 Å². The Morgan fingerprint density at radius 1 is 1.06 bits per heavy atom. The number of benzene rings is 2. The lowest BCUT2D eigenvalue weighted by Gasteiger charge is -2.27. The van der Waals surface area contributed by atoms with Gasteiger partial charge in [-0.2, -0.15) is 0 Å². The number of aliphatic hydroxyl groups is 1. The number of carbonyl (C=O) groups excluding carboxylic acids is 2. The summed E-state index contributed by atoms with van der Waals surface area (Å²) in [4.78, 5) is 27.4. The second-order valence-electron chi connectivity index (χ2n) is 7.38. The maximum Gasteiger partial charge on any atom is 0.295 e. The maximum absolute atomic E-state index is 13.0. The highest BCUT2D eigenvalue weighted by Crippen LogP contribution is 2.43. The van der Waals surface area contributed by atoms with Gasteiger partial charge in [-0.1, -0.05) is 42.6 Å². The predicted octanol–water partition coefficient (Wildman–Crippen LogP) is 4.99. The van der Waals surface area contributed by atoms with Gasteiger partial charge in [-0.15, -0.1) is 0 Å². The maximum atomic E-state index is 13.0. The van der Waals surface area contributed by atoms with Crippen LogP contribution in [-0.4, -0.2) is 41.5 Å². The second-order valence-corrected chi connectivity index (χ2v) is 8.19. The third-order valence-electron chi connectivity index (χ3n) is 5.37. The van der Waals surface area contributed by atoms with Crippen molar-refractivity contribution in [2.45, 2.75) is 25.8 Å². The van der Waals surface area contributed by atoms with E-state index in [1.54, 1.807) is 24.3 Å². The second kappa shape index (κ2) is 8.81. The van der Waals surface area contributed by atoms with E-state index in [1.807, 2.05) is 6.92 Å². The van der Waals surface area contributed by atoms with Crippen molar-refractivity contribution >= 4 is 40.7 Å². The standard InChI is InChI=1S/C23H21Cl2NO5/c1-2-3-8-26-20(13-5-7-17-18(12-13)31-10-9-30-17)19(22(28)23(26)29)21(27)14-4-6-15(24)16(25)11-14/h4-7,11-12,20,27H,2-3,8-10H2,1H3/b21-19-. The molecule has 1 amide bonds. The van der Waals surface area contributed by atoms with Crippen LogP contribution in [0.2, 0.25) is 10.0 Å². The van der Waals surface area contributed by atoms with Crippen molar-refractivity contribution in [3.63, 3.8) is 0 Å². The molecule has 8 heteroatoms. The van der Waals surface area contributed by atoms with Crippen LogP contribution in [0.25, 0.3) is 5.76 Å². The lowest BCUT2D eigenvalue weighted by molar-refractivity contribution is -0.139. The van der Waals surface area contributed by atoms with Crippen molar-refractivity contribution < 1.29 is 24.2 Å². The summed E-state index contributed by atoms with van der Waals surface area (Å²) in [7, 11) is 0. The molecular weight excluding hydrogens is 441 g/mol. The van der Waals surface area contributed by atoms with Gasteiger partial charge in [0.25, 0.3) is 11.7 Å². The van der Waals surface area contributed by atoms with E-state index in [-0.39, 0.29) is 16.4 Å². The Morgan fingerprint density at radius 3 is 2.52 bits per heavy atom. The number of carbonyl (C=O) groups is 2. The number of aliphatic hydroxyl groups excluding tert-OH is 1. The highest BCUT2D eigenvalue weighted by Gasteiger charge is 2.46. The first kappa shape index (κ1) is 21.5. The third kappa shape index (κ3) is 3.98. The summed E-state index contributed by atoms with van der Waals surface area (Å²) >= 11 is 12.1. The SMILES string of the molecule is CCCCN1C(=O)C(=O)/C(=C(\O)c2ccc(Cl)c(Cl)c2)C1c1ccc2c(c1)OCCO2. The van der Waals surface area contributed by atoms with Crippen molar-refractivity contribution in [2.75, 3.05) is 19.8 Å². The summed E-state index contributed by atoms with van der Waals surface area (Å²) in [5, 5.41) is 11.6. The summed E-state index contributed by atoms with van der Waals surface area (Å²) in [6.07, 6.45) is 1.57. The van der Waals surface area contributed by atoms with Crippen LogP contribution in [0.3, 0.4) is 0 Å². The fraction of sp³-hybridized carbons (Fsp3) is 0.304. The zero-order valence-electron chi connectivity index (χ0n) is 16.9. The van der Waals surface area contributed by atoms with Crippen LogP contribution in [0.5, 0.6) is 11.5 Å². The van der Waals surface area contributed by atoms with E-state index in [4.69, 9.17) is 32.7 Å². The minimum Gasteiger partial charge on any atom is -0.507 e. The summed E-state index contributed by atoms with van der Waals surface area (Å²) in [5.74, 6) is -0.533. The number of hydrogen-bond acceptors (Lipinski definition) is 5. The van der Waals surface area contributed by atoms with Gasteiger partial charge in [-0.3, -0.25) is 9.59 Å². The number of likely N-dealkylation sites (tertiary alicyclic amines) is 1. The summed E-state index contributed by atoms with van der Waals surface area (Å²) in [6, 6.07) is 9.10. The molecule has 162 valence electrons. The van der Waals surface area contributed by atoms with Gasteiger partial charge < -0.3 is 19.5 Å². The van der Waals surface area contributed by atoms with Crippen LogP contribution in [0.15, 0.2) is 42.0 Å². The molecule has 0 spiro atoms. The van der Waals surface area contributed by atoms with E-state index < -0.39 is 17.7 Å². The van der Waals surface area contributed by atoms with Gasteiger partial charge in [0.15, 0.2) is 11.5 Å². The van der Waals surface area contributed by atoms with Crippen molar-refractivity contribution in [3.8, 4) is 11.5 Å². The number of rotatable bonds is 5. The molecule has 6 nitrogen and oxygen atoms in total. The van der Waals surface area contributed by atoms with Crippen LogP contribution >= 0.6 is 23.2 Å². The van der Waals surface area contributed by atoms with E-state index in [9.17, 15) is 14.7 Å². The number of ether oxygens (including phenoxy) is 2. The lowest BCUT2D eigenvalue weighted by atomic mass is 9.95. The smallest absolute Gasteiger partial charge is 0.295 e. The van der Waals surface area contributed by atoms with Gasteiger partial charge in [0.05, 0.1) is 21.7 Å². The van der Waals surface area contributed by atoms with Gasteiger partial charge in [-0.05, 0) is 42.3 Å². The van der Waals surface area contributed by atoms with Gasteiger partial charge in [-0.25, -0.2) is 0 Å². The summed E-state index contributed by atoms with van der Waals surface area (Å²) < 4.78 is 11.3. The molecule has 1 fully saturated rings. The normalized spacial score (nSPS) is 19.7. The zero-order valence-corrected chi connectivity index (χ0v) is 18.4. The average molecular weight is 462 g/mol. The Kier molecular flexibility index (Phi) is 6.12. The van der Waals surface area contributed by atoms with Crippen LogP contribution in [0.1, 0.15) is 36.9 Å². The highest BCUT2D eigenvalue weighted by molar-refractivity contribution is 6.46. The van der Waals surface area contributed by atoms with E-state index in [2.05, 4.69) is 0 Å². The molecule has 2 aromatic rings. The Morgan fingerprint density at radius 2 is 1.81 bits per heavy atom. The molecule has 2 aromatic carbocycles. The molecule has 2 heterocycles. The molecule has 1 N–H and O–H groups in total. The number of halogens is 2. The number of hydrogen-bond donors (Lipinski definition) is 1. The molecule has 2 aliphatic heterocycles. The topological polar surface area (TPSA) is 76.1 Å². The number of ketones is 1. The van der Waals surface area contributed by atoms with Gasteiger partial charge in [0, 0.05) is 12.1 Å². The molecule has 1 unspecified atom stereocenters. The Hall–Kier alpha value is -2.70. The fourth-order valence-electron chi connectivity index (χ4n) is 3.81. The fourth-order valence-corrected chi connectivity index (χ4v) is 4.11. The minimum atomic E-state index is -0.753. The first-order valence-electron chi connectivity index (χ1n) is 10.1. The number of Topliss-reactive ketones (excluding diaryl/α,β-unsaturated/α-hetero) is 1. The first-order chi connectivity index (χ1) is 14.9. The van der Waals surface area contributed by atoms with Crippen LogP contribution in [-0.2, 0) is 9.59 Å². The Balaban J connectivity index is 1.86. The van der Waals surface area contributed by atoms with E-state index >= 15 is 0 Å². The number of amides is 1. The average Bonchev–Trinajstić information content (AvgIpc) is 3.03. The number of nitrogens with zero attached hydrogens (tertiary/aromatic N) is 1. The molecule has 0 radical (unpaired) electrons. The van der Waals surface area contributed by atoms with Crippen molar-refractivity contribution in [2.24, 2.45) is 0 Å². The minimum absolute atomic E-state index is 0.0103. The molecule has 0 bridgehead atoms. The summed E-state index contributed by atoms with van der Waals surface area (Å²) in [6.45, 7) is 3.26. The van der Waals surface area contributed by atoms with E-state index in [0.29, 0.717) is 47.4 Å². The molecule has 0 saturated carbocycles. The highest BCUT2D eigenvalue weighted by atomic mass is 35.5. The third-order valence-corrected chi connectivity index (χ3v) is 6.11. The van der Waals surface area contributed by atoms with Crippen molar-refractivity contribution in [3.05, 3.63) is 63.1 Å². The number of unbranched alkanes of at least 4 members (excludes halogenated alkanes) is 1. The van der Waals surface area contributed by atoms with E-state index in [1.165, 1.54) is 17.0 Å². The quantitative estimate of drug-likeness (QED) is 0.385. The first-order valence-corrected chi connectivity index (χ1v) is 10.8. The Bertz CT molecular complexity index is 1080. The van der Waals surface area contributed by atoms with E-state index in [0.717, 1.165) is 12.8 Å². The van der Waals surface area contributed by atoms with Gasteiger partial charge >= 0.3 is 0 Å². The molecule has 1 saturated heterocycles.